The van der Waals surface area contributed by atoms with Gasteiger partial charge >= 0.3 is 5.97 Å². The molecule has 15 heavy (non-hydrogen) atoms. The Morgan fingerprint density at radius 2 is 2.07 bits per heavy atom. The molecule has 1 rings (SSSR count). The summed E-state index contributed by atoms with van der Waals surface area (Å²) in [5.41, 5.74) is 0.675. The summed E-state index contributed by atoms with van der Waals surface area (Å²) in [6.45, 7) is 7.75. The maximum atomic E-state index is 10.9. The number of hydrogen-bond donors (Lipinski definition) is 1. The Labute approximate surface area is 94.9 Å². The first kappa shape index (κ1) is 12.2. The zero-order valence-corrected chi connectivity index (χ0v) is 10.6. The first-order valence-electron chi connectivity index (χ1n) is 5.12. The Morgan fingerprint density at radius 3 is 2.47 bits per heavy atom. The number of carboxylic acid groups (broad SMARTS) is 1. The standard InChI is InChI=1S/C12H18O2S/c1-8-7-10(9(2)15-8)5-6-12(3,4)11(13)14/h7H,5-6H2,1-4H3,(H,13,14). The van der Waals surface area contributed by atoms with Crippen LogP contribution < -0.4 is 0 Å². The molecule has 1 aromatic heterocycles. The largest absolute Gasteiger partial charge is 0.481 e. The lowest BCUT2D eigenvalue weighted by Gasteiger charge is -2.18. The van der Waals surface area contributed by atoms with E-state index in [9.17, 15) is 4.79 Å². The molecule has 3 heteroatoms. The number of aliphatic carboxylic acids is 1. The van der Waals surface area contributed by atoms with Crippen LogP contribution in [0.3, 0.4) is 0 Å². The topological polar surface area (TPSA) is 37.3 Å². The van der Waals surface area contributed by atoms with Gasteiger partial charge in [-0.25, -0.2) is 0 Å². The highest BCUT2D eigenvalue weighted by Crippen LogP contribution is 2.27. The lowest BCUT2D eigenvalue weighted by Crippen LogP contribution is -2.24. The average molecular weight is 226 g/mol. The van der Waals surface area contributed by atoms with E-state index in [1.807, 2.05) is 0 Å². The highest BCUT2D eigenvalue weighted by Gasteiger charge is 2.26. The van der Waals surface area contributed by atoms with E-state index in [-0.39, 0.29) is 0 Å². The Bertz CT molecular complexity index is 364. The van der Waals surface area contributed by atoms with Crippen molar-refractivity contribution in [2.24, 2.45) is 5.41 Å². The minimum atomic E-state index is -0.716. The number of thiophene rings is 1. The van der Waals surface area contributed by atoms with Crippen molar-refractivity contribution in [3.8, 4) is 0 Å². The molecule has 0 fully saturated rings. The third kappa shape index (κ3) is 3.06. The van der Waals surface area contributed by atoms with Crippen LogP contribution in [0, 0.1) is 19.3 Å². The van der Waals surface area contributed by atoms with Gasteiger partial charge in [0.1, 0.15) is 0 Å². The zero-order chi connectivity index (χ0) is 11.6. The van der Waals surface area contributed by atoms with Crippen molar-refractivity contribution in [1.82, 2.24) is 0 Å². The van der Waals surface area contributed by atoms with Crippen LogP contribution >= 0.6 is 11.3 Å². The molecule has 0 saturated carbocycles. The van der Waals surface area contributed by atoms with E-state index in [0.29, 0.717) is 6.42 Å². The zero-order valence-electron chi connectivity index (χ0n) is 9.76. The second kappa shape index (κ2) is 4.35. The van der Waals surface area contributed by atoms with E-state index in [1.165, 1.54) is 15.3 Å². The Kier molecular flexibility index (Phi) is 3.55. The predicted molar refractivity (Wildman–Crippen MR) is 63.5 cm³/mol. The van der Waals surface area contributed by atoms with Crippen molar-refractivity contribution in [2.45, 2.75) is 40.5 Å². The number of carbonyl (C=O) groups is 1. The van der Waals surface area contributed by atoms with Crippen LogP contribution in [-0.2, 0) is 11.2 Å². The first-order chi connectivity index (χ1) is 6.83. The summed E-state index contributed by atoms with van der Waals surface area (Å²) in [5.74, 6) is -0.716. The minimum absolute atomic E-state index is 0.623. The minimum Gasteiger partial charge on any atom is -0.481 e. The van der Waals surface area contributed by atoms with Crippen molar-refractivity contribution >= 4 is 17.3 Å². The molecule has 1 heterocycles. The van der Waals surface area contributed by atoms with Gasteiger partial charge in [-0.3, -0.25) is 4.79 Å². The third-order valence-electron chi connectivity index (χ3n) is 2.74. The quantitative estimate of drug-likeness (QED) is 0.854. The molecule has 2 nitrogen and oxygen atoms in total. The highest BCUT2D eigenvalue weighted by atomic mass is 32.1. The van der Waals surface area contributed by atoms with Crippen molar-refractivity contribution in [3.63, 3.8) is 0 Å². The van der Waals surface area contributed by atoms with Crippen LogP contribution in [0.1, 0.15) is 35.6 Å². The monoisotopic (exact) mass is 226 g/mol. The van der Waals surface area contributed by atoms with Gasteiger partial charge in [0.2, 0.25) is 0 Å². The van der Waals surface area contributed by atoms with Gasteiger partial charge in [0, 0.05) is 9.75 Å². The van der Waals surface area contributed by atoms with E-state index in [2.05, 4.69) is 19.9 Å². The molecular formula is C12H18O2S. The van der Waals surface area contributed by atoms with Crippen LogP contribution in [0.15, 0.2) is 6.07 Å². The molecule has 0 saturated heterocycles. The SMILES string of the molecule is Cc1cc(CCC(C)(C)C(=O)O)c(C)s1. The van der Waals surface area contributed by atoms with Crippen LogP contribution in [0.5, 0.6) is 0 Å². The van der Waals surface area contributed by atoms with Crippen molar-refractivity contribution in [1.29, 1.82) is 0 Å². The molecule has 84 valence electrons. The van der Waals surface area contributed by atoms with Gasteiger partial charge in [-0.2, -0.15) is 0 Å². The normalized spacial score (nSPS) is 11.7. The van der Waals surface area contributed by atoms with Gasteiger partial charge in [-0.05, 0) is 52.2 Å². The summed E-state index contributed by atoms with van der Waals surface area (Å²) in [6, 6.07) is 2.16. The maximum Gasteiger partial charge on any atom is 0.309 e. The molecule has 1 N–H and O–H groups in total. The molecule has 0 spiro atoms. The second-order valence-electron chi connectivity index (χ2n) is 4.63. The van der Waals surface area contributed by atoms with Crippen LogP contribution in [-0.4, -0.2) is 11.1 Å². The summed E-state index contributed by atoms with van der Waals surface area (Å²) >= 11 is 1.78. The van der Waals surface area contributed by atoms with E-state index in [4.69, 9.17) is 5.11 Å². The number of hydrogen-bond acceptors (Lipinski definition) is 2. The van der Waals surface area contributed by atoms with Gasteiger partial charge in [-0.15, -0.1) is 11.3 Å². The average Bonchev–Trinajstić information content (AvgIpc) is 2.41. The molecular weight excluding hydrogens is 208 g/mol. The Balaban J connectivity index is 2.65. The van der Waals surface area contributed by atoms with Crippen LogP contribution in [0.4, 0.5) is 0 Å². The van der Waals surface area contributed by atoms with E-state index >= 15 is 0 Å². The van der Waals surface area contributed by atoms with E-state index in [1.54, 1.807) is 25.2 Å². The van der Waals surface area contributed by atoms with Gasteiger partial charge in [0.25, 0.3) is 0 Å². The molecule has 0 aliphatic carbocycles. The summed E-state index contributed by atoms with van der Waals surface area (Å²) in [4.78, 5) is 13.6. The van der Waals surface area contributed by atoms with Gasteiger partial charge in [0.05, 0.1) is 5.41 Å². The molecule has 0 aliphatic rings. The second-order valence-corrected chi connectivity index (χ2v) is 6.09. The molecule has 1 aromatic rings. The van der Waals surface area contributed by atoms with Crippen molar-refractivity contribution in [2.75, 3.05) is 0 Å². The Morgan fingerprint density at radius 1 is 1.47 bits per heavy atom. The highest BCUT2D eigenvalue weighted by molar-refractivity contribution is 7.12. The molecule has 0 unspecified atom stereocenters. The van der Waals surface area contributed by atoms with Crippen LogP contribution in [0.2, 0.25) is 0 Å². The predicted octanol–water partition coefficient (Wildman–Crippen LogP) is 3.41. The molecule has 0 aliphatic heterocycles. The molecule has 0 aromatic carbocycles. The molecule has 0 bridgehead atoms. The Hall–Kier alpha value is -0.830. The number of carboxylic acids is 1. The lowest BCUT2D eigenvalue weighted by atomic mass is 9.86. The molecule has 0 radical (unpaired) electrons. The summed E-state index contributed by atoms with van der Waals surface area (Å²) in [6.07, 6.45) is 1.55. The third-order valence-corrected chi connectivity index (χ3v) is 3.75. The fraction of sp³-hybridized carbons (Fsp3) is 0.583. The van der Waals surface area contributed by atoms with Crippen LogP contribution in [0.25, 0.3) is 0 Å². The fourth-order valence-corrected chi connectivity index (χ4v) is 2.46. The van der Waals surface area contributed by atoms with Gasteiger partial charge < -0.3 is 5.11 Å². The number of aryl methyl sites for hydroxylation is 3. The smallest absolute Gasteiger partial charge is 0.309 e. The molecule has 0 amide bonds. The summed E-state index contributed by atoms with van der Waals surface area (Å²) in [7, 11) is 0. The van der Waals surface area contributed by atoms with Crippen molar-refractivity contribution < 1.29 is 9.90 Å². The van der Waals surface area contributed by atoms with E-state index < -0.39 is 11.4 Å². The van der Waals surface area contributed by atoms with Crippen molar-refractivity contribution in [3.05, 3.63) is 21.4 Å². The summed E-state index contributed by atoms with van der Waals surface area (Å²) < 4.78 is 0. The lowest BCUT2D eigenvalue weighted by molar-refractivity contribution is -0.147. The van der Waals surface area contributed by atoms with Gasteiger partial charge in [0.15, 0.2) is 0 Å². The fourth-order valence-electron chi connectivity index (χ4n) is 1.49. The number of rotatable bonds is 4. The summed E-state index contributed by atoms with van der Waals surface area (Å²) in [5, 5.41) is 9.00. The first-order valence-corrected chi connectivity index (χ1v) is 5.94. The van der Waals surface area contributed by atoms with E-state index in [0.717, 1.165) is 6.42 Å². The molecule has 0 atom stereocenters. The van der Waals surface area contributed by atoms with Gasteiger partial charge in [-0.1, -0.05) is 0 Å². The maximum absolute atomic E-state index is 10.9.